The molecule has 0 aliphatic rings. The van der Waals surface area contributed by atoms with Crippen LogP contribution in [-0.4, -0.2) is 56.8 Å². The second kappa shape index (κ2) is 12.6. The van der Waals surface area contributed by atoms with Gasteiger partial charge in [-0.05, 0) is 94.1 Å². The zero-order valence-corrected chi connectivity index (χ0v) is 24.8. The van der Waals surface area contributed by atoms with E-state index in [-0.39, 0.29) is 5.75 Å². The van der Waals surface area contributed by atoms with Crippen molar-refractivity contribution < 1.29 is 29.3 Å². The smallest absolute Gasteiger partial charge is 0.408 e. The average Bonchev–Trinajstić information content (AvgIpc) is 2.90. The number of aliphatic hydroxyl groups excluding tert-OH is 1. The van der Waals surface area contributed by atoms with Gasteiger partial charge in [0.1, 0.15) is 23.4 Å². The van der Waals surface area contributed by atoms with Crippen LogP contribution in [0.4, 0.5) is 10.5 Å². The highest BCUT2D eigenvalue weighted by molar-refractivity contribution is 6.00. The number of nitrogens with zero attached hydrogens (tertiary/aromatic N) is 1. The Kier molecular flexibility index (Phi) is 9.65. The van der Waals surface area contributed by atoms with Crippen LogP contribution in [0.15, 0.2) is 60.7 Å². The van der Waals surface area contributed by atoms with Crippen molar-refractivity contribution in [3.05, 3.63) is 71.8 Å². The van der Waals surface area contributed by atoms with Gasteiger partial charge in [-0.25, -0.2) is 4.79 Å². The number of nitrogens with one attached hydrogen (secondary N) is 2. The van der Waals surface area contributed by atoms with Crippen molar-refractivity contribution in [2.45, 2.75) is 78.1 Å². The number of phenols is 1. The Morgan fingerprint density at radius 1 is 0.951 bits per heavy atom. The first-order valence-corrected chi connectivity index (χ1v) is 13.7. The van der Waals surface area contributed by atoms with Crippen LogP contribution >= 0.6 is 0 Å². The standard InChI is InChI=1S/C32H41N3O6/c1-8-32(6,7)35(29(39)25(19-36)34-30(40)41-31(3,4)5)27(23-14-16-26(37)20(2)17-23)28(38)33-24-15-13-21-11-9-10-12-22(21)18-24/h9-18,25,27,36-37H,8,19H2,1-7H3,(H,33,38)(H,34,40). The summed E-state index contributed by atoms with van der Waals surface area (Å²) in [6, 6.07) is 15.5. The third-order valence-corrected chi connectivity index (χ3v) is 6.99. The van der Waals surface area contributed by atoms with Crippen molar-refractivity contribution >= 4 is 34.4 Å². The highest BCUT2D eigenvalue weighted by atomic mass is 16.6. The maximum Gasteiger partial charge on any atom is 0.408 e. The van der Waals surface area contributed by atoms with Gasteiger partial charge < -0.3 is 30.5 Å². The van der Waals surface area contributed by atoms with Gasteiger partial charge in [0.05, 0.1) is 6.61 Å². The van der Waals surface area contributed by atoms with Gasteiger partial charge >= 0.3 is 6.09 Å². The first kappa shape index (κ1) is 31.4. The van der Waals surface area contributed by atoms with Crippen LogP contribution in [0.25, 0.3) is 10.8 Å². The molecule has 0 saturated heterocycles. The highest BCUT2D eigenvalue weighted by Crippen LogP contribution is 2.35. The predicted molar refractivity (Wildman–Crippen MR) is 160 cm³/mol. The lowest BCUT2D eigenvalue weighted by Crippen LogP contribution is -2.59. The SMILES string of the molecule is CCC(C)(C)N(C(=O)C(CO)NC(=O)OC(C)(C)C)C(C(=O)Nc1ccc2ccccc2c1)c1ccc(O)c(C)c1. The third-order valence-electron chi connectivity index (χ3n) is 6.99. The van der Waals surface area contributed by atoms with Gasteiger partial charge in [-0.3, -0.25) is 9.59 Å². The average molecular weight is 564 g/mol. The minimum atomic E-state index is -1.37. The van der Waals surface area contributed by atoms with Gasteiger partial charge in [0.2, 0.25) is 5.91 Å². The van der Waals surface area contributed by atoms with Crippen LogP contribution in [0.2, 0.25) is 0 Å². The van der Waals surface area contributed by atoms with E-state index in [1.54, 1.807) is 45.9 Å². The van der Waals surface area contributed by atoms with Crippen LogP contribution in [0.3, 0.4) is 0 Å². The molecule has 0 aromatic heterocycles. The van der Waals surface area contributed by atoms with Crippen LogP contribution in [0.5, 0.6) is 5.75 Å². The molecule has 3 rings (SSSR count). The van der Waals surface area contributed by atoms with E-state index in [1.165, 1.54) is 11.0 Å². The molecule has 0 aliphatic heterocycles. The summed E-state index contributed by atoms with van der Waals surface area (Å²) in [5.74, 6) is -1.10. The molecule has 220 valence electrons. The summed E-state index contributed by atoms with van der Waals surface area (Å²) >= 11 is 0. The number of fused-ring (bicyclic) bond motifs is 1. The number of amides is 3. The lowest BCUT2D eigenvalue weighted by atomic mass is 9.91. The maximum absolute atomic E-state index is 14.1. The summed E-state index contributed by atoms with van der Waals surface area (Å²) in [5.41, 5.74) is -0.180. The summed E-state index contributed by atoms with van der Waals surface area (Å²) in [4.78, 5) is 42.2. The normalized spacial score (nSPS) is 13.3. The van der Waals surface area contributed by atoms with E-state index >= 15 is 0 Å². The highest BCUT2D eigenvalue weighted by Gasteiger charge is 2.43. The predicted octanol–water partition coefficient (Wildman–Crippen LogP) is 5.44. The summed E-state index contributed by atoms with van der Waals surface area (Å²) in [6.07, 6.45) is -0.406. The van der Waals surface area contributed by atoms with E-state index in [0.717, 1.165) is 10.8 Å². The van der Waals surface area contributed by atoms with Crippen molar-refractivity contribution in [2.24, 2.45) is 0 Å². The molecule has 2 atom stereocenters. The maximum atomic E-state index is 14.1. The van der Waals surface area contributed by atoms with Gasteiger partial charge in [0, 0.05) is 11.2 Å². The Balaban J connectivity index is 2.09. The van der Waals surface area contributed by atoms with E-state index in [1.807, 2.05) is 57.2 Å². The molecule has 4 N–H and O–H groups in total. The minimum Gasteiger partial charge on any atom is -0.508 e. The molecule has 0 heterocycles. The number of phenolic OH excluding ortho intramolecular Hbond substituents is 1. The summed E-state index contributed by atoms with van der Waals surface area (Å²) in [5, 5.41) is 27.8. The molecule has 0 fully saturated rings. The lowest BCUT2D eigenvalue weighted by Gasteiger charge is -2.44. The number of alkyl carbamates (subject to hydrolysis) is 1. The number of rotatable bonds is 9. The van der Waals surface area contributed by atoms with Gasteiger partial charge in [-0.2, -0.15) is 0 Å². The fourth-order valence-corrected chi connectivity index (χ4v) is 4.49. The molecule has 0 saturated carbocycles. The first-order chi connectivity index (χ1) is 19.2. The second-order valence-electron chi connectivity index (χ2n) is 11.8. The zero-order valence-electron chi connectivity index (χ0n) is 24.8. The second-order valence-corrected chi connectivity index (χ2v) is 11.8. The Morgan fingerprint density at radius 3 is 2.20 bits per heavy atom. The Labute approximate surface area is 241 Å². The number of aryl methyl sites for hydroxylation is 1. The molecule has 0 aliphatic carbocycles. The summed E-state index contributed by atoms with van der Waals surface area (Å²) < 4.78 is 5.31. The summed E-state index contributed by atoms with van der Waals surface area (Å²) in [6.45, 7) is 11.6. The van der Waals surface area contributed by atoms with E-state index in [4.69, 9.17) is 4.74 Å². The van der Waals surface area contributed by atoms with Crippen molar-refractivity contribution in [3.63, 3.8) is 0 Å². The summed E-state index contributed by atoms with van der Waals surface area (Å²) in [7, 11) is 0. The quantitative estimate of drug-likeness (QED) is 0.275. The Bertz CT molecular complexity index is 1410. The molecule has 2 unspecified atom stereocenters. The Hall–Kier alpha value is -4.11. The molecule has 9 heteroatoms. The van der Waals surface area contributed by atoms with Crippen LogP contribution in [0.1, 0.15) is 65.1 Å². The van der Waals surface area contributed by atoms with Crippen molar-refractivity contribution in [2.75, 3.05) is 11.9 Å². The van der Waals surface area contributed by atoms with Gasteiger partial charge in [0.25, 0.3) is 5.91 Å². The molecule has 3 aromatic carbocycles. The van der Waals surface area contributed by atoms with Gasteiger partial charge in [-0.15, -0.1) is 0 Å². The fourth-order valence-electron chi connectivity index (χ4n) is 4.49. The van der Waals surface area contributed by atoms with Crippen LogP contribution in [-0.2, 0) is 14.3 Å². The van der Waals surface area contributed by atoms with E-state index in [2.05, 4.69) is 10.6 Å². The number of anilines is 1. The molecular weight excluding hydrogens is 522 g/mol. The molecule has 3 amide bonds. The van der Waals surface area contributed by atoms with Crippen molar-refractivity contribution in [1.82, 2.24) is 10.2 Å². The van der Waals surface area contributed by atoms with E-state index < -0.39 is 47.7 Å². The van der Waals surface area contributed by atoms with Crippen LogP contribution in [0, 0.1) is 6.92 Å². The molecule has 41 heavy (non-hydrogen) atoms. The molecular formula is C32H41N3O6. The zero-order chi connectivity index (χ0) is 30.5. The minimum absolute atomic E-state index is 0.0508. The van der Waals surface area contributed by atoms with Crippen molar-refractivity contribution in [3.8, 4) is 5.75 Å². The molecule has 0 radical (unpaired) electrons. The molecule has 3 aromatic rings. The number of aromatic hydroxyl groups is 1. The number of carbonyl (C=O) groups is 3. The number of hydrogen-bond acceptors (Lipinski definition) is 6. The van der Waals surface area contributed by atoms with E-state index in [9.17, 15) is 24.6 Å². The fraction of sp³-hybridized carbons (Fsp3) is 0.406. The molecule has 9 nitrogen and oxygen atoms in total. The van der Waals surface area contributed by atoms with Crippen molar-refractivity contribution in [1.29, 1.82) is 0 Å². The number of aliphatic hydroxyl groups is 1. The Morgan fingerprint density at radius 2 is 1.61 bits per heavy atom. The number of carbonyl (C=O) groups excluding carboxylic acids is 3. The number of benzene rings is 3. The first-order valence-electron chi connectivity index (χ1n) is 13.7. The number of hydrogen-bond donors (Lipinski definition) is 4. The topological polar surface area (TPSA) is 128 Å². The van der Waals surface area contributed by atoms with E-state index in [0.29, 0.717) is 23.2 Å². The number of ether oxygens (including phenoxy) is 1. The molecule has 0 bridgehead atoms. The van der Waals surface area contributed by atoms with Gasteiger partial charge in [-0.1, -0.05) is 43.3 Å². The lowest BCUT2D eigenvalue weighted by molar-refractivity contribution is -0.148. The monoisotopic (exact) mass is 563 g/mol. The van der Waals surface area contributed by atoms with Crippen LogP contribution < -0.4 is 10.6 Å². The van der Waals surface area contributed by atoms with Gasteiger partial charge in [0.15, 0.2) is 0 Å². The molecule has 0 spiro atoms. The third kappa shape index (κ3) is 7.76. The largest absolute Gasteiger partial charge is 0.508 e.